The van der Waals surface area contributed by atoms with E-state index in [0.717, 1.165) is 18.1 Å². The monoisotopic (exact) mass is 381 g/mol. The Labute approximate surface area is 160 Å². The molecule has 0 fully saturated rings. The molecule has 2 aromatic carbocycles. The number of aromatic nitrogens is 1. The number of rotatable bonds is 4. The number of nitrogens with one attached hydrogen (secondary N) is 2. The Kier molecular flexibility index (Phi) is 5.44. The second-order valence-corrected chi connectivity index (χ2v) is 6.19. The summed E-state index contributed by atoms with van der Waals surface area (Å²) in [6.45, 7) is 0.780. The van der Waals surface area contributed by atoms with Crippen LogP contribution in [-0.2, 0) is 5.92 Å². The van der Waals surface area contributed by atoms with E-state index >= 15 is 0 Å². The molecule has 0 radical (unpaired) electrons. The molecular formula is C21H17F2N3O2. The lowest BCUT2D eigenvalue weighted by atomic mass is 10.1. The van der Waals surface area contributed by atoms with E-state index in [1.54, 1.807) is 36.7 Å². The molecule has 5 nitrogen and oxygen atoms in total. The molecule has 142 valence electrons. The lowest BCUT2D eigenvalue weighted by molar-refractivity contribution is 0.0174. The molecule has 0 saturated heterocycles. The minimum atomic E-state index is -2.98. The zero-order valence-electron chi connectivity index (χ0n) is 14.9. The van der Waals surface area contributed by atoms with Crippen molar-refractivity contribution in [3.63, 3.8) is 0 Å². The molecule has 28 heavy (non-hydrogen) atoms. The highest BCUT2D eigenvalue weighted by atomic mass is 19.3. The Bertz CT molecular complexity index is 967. The summed E-state index contributed by atoms with van der Waals surface area (Å²) in [6, 6.07) is 15.4. The van der Waals surface area contributed by atoms with Gasteiger partial charge in [-0.25, -0.2) is 8.78 Å². The minimum absolute atomic E-state index is 0.153. The fourth-order valence-corrected chi connectivity index (χ4v) is 2.52. The predicted molar refractivity (Wildman–Crippen MR) is 101 cm³/mol. The number of pyridine rings is 1. The topological polar surface area (TPSA) is 71.1 Å². The van der Waals surface area contributed by atoms with Gasteiger partial charge in [0.25, 0.3) is 17.7 Å². The van der Waals surface area contributed by atoms with Crippen molar-refractivity contribution in [2.45, 2.75) is 12.8 Å². The zero-order valence-corrected chi connectivity index (χ0v) is 14.9. The first-order valence-electron chi connectivity index (χ1n) is 8.44. The lowest BCUT2D eigenvalue weighted by Gasteiger charge is -2.11. The summed E-state index contributed by atoms with van der Waals surface area (Å²) >= 11 is 0. The average molecular weight is 381 g/mol. The van der Waals surface area contributed by atoms with Crippen molar-refractivity contribution in [1.82, 2.24) is 15.8 Å². The molecule has 0 saturated carbocycles. The lowest BCUT2D eigenvalue weighted by Crippen LogP contribution is -2.41. The van der Waals surface area contributed by atoms with Crippen LogP contribution in [-0.4, -0.2) is 16.8 Å². The highest BCUT2D eigenvalue weighted by Gasteiger charge is 2.24. The van der Waals surface area contributed by atoms with Gasteiger partial charge in [0.2, 0.25) is 0 Å². The van der Waals surface area contributed by atoms with Crippen LogP contribution in [0.25, 0.3) is 11.1 Å². The fourth-order valence-electron chi connectivity index (χ4n) is 2.52. The van der Waals surface area contributed by atoms with Crippen LogP contribution in [0.5, 0.6) is 0 Å². The quantitative estimate of drug-likeness (QED) is 0.673. The van der Waals surface area contributed by atoms with Crippen LogP contribution < -0.4 is 10.9 Å². The molecular weight excluding hydrogens is 364 g/mol. The van der Waals surface area contributed by atoms with E-state index in [1.165, 1.54) is 24.3 Å². The van der Waals surface area contributed by atoms with Gasteiger partial charge >= 0.3 is 0 Å². The van der Waals surface area contributed by atoms with Crippen molar-refractivity contribution >= 4 is 11.8 Å². The molecule has 0 spiro atoms. The van der Waals surface area contributed by atoms with E-state index < -0.39 is 17.7 Å². The number of nitrogens with zero attached hydrogens (tertiary/aromatic N) is 1. The van der Waals surface area contributed by atoms with Gasteiger partial charge in [-0.15, -0.1) is 0 Å². The third kappa shape index (κ3) is 4.56. The maximum atomic E-state index is 13.2. The maximum Gasteiger partial charge on any atom is 0.270 e. The molecule has 3 aromatic rings. The Morgan fingerprint density at radius 3 is 1.82 bits per heavy atom. The zero-order chi connectivity index (χ0) is 20.1. The first-order chi connectivity index (χ1) is 13.3. The number of hydrogen-bond acceptors (Lipinski definition) is 3. The van der Waals surface area contributed by atoms with E-state index in [4.69, 9.17) is 0 Å². The van der Waals surface area contributed by atoms with Crippen molar-refractivity contribution in [3.05, 3.63) is 89.7 Å². The summed E-state index contributed by atoms with van der Waals surface area (Å²) in [6.07, 6.45) is 3.39. The molecule has 0 atom stereocenters. The van der Waals surface area contributed by atoms with Crippen LogP contribution in [0.2, 0.25) is 0 Å². The fraction of sp³-hybridized carbons (Fsp3) is 0.0952. The third-order valence-corrected chi connectivity index (χ3v) is 4.09. The maximum absolute atomic E-state index is 13.2. The predicted octanol–water partition coefficient (Wildman–Crippen LogP) is 3.94. The standard InChI is InChI=1S/C21H17F2N3O2/c1-21(22,23)18-10-8-16(9-11-18)20(28)26-25-19(27)15-6-4-14(5-7-15)17-3-2-12-24-13-17/h2-13H,1H3,(H,25,27)(H,26,28). The number of amides is 2. The van der Waals surface area contributed by atoms with Crippen molar-refractivity contribution in [3.8, 4) is 11.1 Å². The van der Waals surface area contributed by atoms with Crippen LogP contribution in [0, 0.1) is 0 Å². The van der Waals surface area contributed by atoms with Gasteiger partial charge in [0, 0.05) is 36.0 Å². The SMILES string of the molecule is CC(F)(F)c1ccc(C(=O)NNC(=O)c2ccc(-c3cccnc3)cc2)cc1. The summed E-state index contributed by atoms with van der Waals surface area (Å²) in [5, 5.41) is 0. The average Bonchev–Trinajstić information content (AvgIpc) is 2.72. The highest BCUT2D eigenvalue weighted by molar-refractivity contribution is 5.99. The van der Waals surface area contributed by atoms with Gasteiger partial charge in [0.05, 0.1) is 0 Å². The Morgan fingerprint density at radius 2 is 1.36 bits per heavy atom. The molecule has 1 heterocycles. The molecule has 0 aliphatic rings. The number of carbonyl (C=O) groups excluding carboxylic acids is 2. The van der Waals surface area contributed by atoms with E-state index in [0.29, 0.717) is 5.56 Å². The van der Waals surface area contributed by atoms with Crippen molar-refractivity contribution in [1.29, 1.82) is 0 Å². The van der Waals surface area contributed by atoms with Gasteiger partial charge in [0.15, 0.2) is 0 Å². The van der Waals surface area contributed by atoms with Crippen molar-refractivity contribution in [2.24, 2.45) is 0 Å². The van der Waals surface area contributed by atoms with Gasteiger partial charge in [-0.2, -0.15) is 0 Å². The summed E-state index contributed by atoms with van der Waals surface area (Å²) in [7, 11) is 0. The van der Waals surface area contributed by atoms with E-state index in [-0.39, 0.29) is 11.1 Å². The summed E-state index contributed by atoms with van der Waals surface area (Å²) < 4.78 is 26.4. The number of carbonyl (C=O) groups is 2. The number of hydrogen-bond donors (Lipinski definition) is 2. The van der Waals surface area contributed by atoms with E-state index in [1.807, 2.05) is 12.1 Å². The summed E-state index contributed by atoms with van der Waals surface area (Å²) in [4.78, 5) is 28.3. The Hall–Kier alpha value is -3.61. The molecule has 0 aliphatic carbocycles. The molecule has 0 aliphatic heterocycles. The van der Waals surface area contributed by atoms with E-state index in [2.05, 4.69) is 15.8 Å². The molecule has 3 rings (SSSR count). The highest BCUT2D eigenvalue weighted by Crippen LogP contribution is 2.26. The Balaban J connectivity index is 1.60. The largest absolute Gasteiger partial charge is 0.270 e. The van der Waals surface area contributed by atoms with Gasteiger partial charge in [-0.3, -0.25) is 25.4 Å². The number of alkyl halides is 2. The number of halogens is 2. The van der Waals surface area contributed by atoms with Crippen LogP contribution in [0.4, 0.5) is 8.78 Å². The van der Waals surface area contributed by atoms with Crippen molar-refractivity contribution in [2.75, 3.05) is 0 Å². The van der Waals surface area contributed by atoms with Gasteiger partial charge in [0.1, 0.15) is 0 Å². The molecule has 2 amide bonds. The first-order valence-corrected chi connectivity index (χ1v) is 8.44. The number of benzene rings is 2. The summed E-state index contributed by atoms with van der Waals surface area (Å²) in [5.41, 5.74) is 6.71. The minimum Gasteiger partial charge on any atom is -0.267 e. The second-order valence-electron chi connectivity index (χ2n) is 6.19. The molecule has 1 aromatic heterocycles. The summed E-state index contributed by atoms with van der Waals surface area (Å²) in [5.74, 6) is -4.08. The Morgan fingerprint density at radius 1 is 0.821 bits per heavy atom. The number of hydrazine groups is 1. The molecule has 0 bridgehead atoms. The van der Waals surface area contributed by atoms with Crippen LogP contribution >= 0.6 is 0 Å². The van der Waals surface area contributed by atoms with Gasteiger partial charge in [-0.1, -0.05) is 30.3 Å². The van der Waals surface area contributed by atoms with Crippen molar-refractivity contribution < 1.29 is 18.4 Å². The molecule has 7 heteroatoms. The third-order valence-electron chi connectivity index (χ3n) is 4.09. The molecule has 0 unspecified atom stereocenters. The van der Waals surface area contributed by atoms with Gasteiger partial charge < -0.3 is 0 Å². The normalized spacial score (nSPS) is 11.0. The first kappa shape index (κ1) is 19.2. The van der Waals surface area contributed by atoms with Crippen LogP contribution in [0.15, 0.2) is 73.1 Å². The van der Waals surface area contributed by atoms with Crippen LogP contribution in [0.3, 0.4) is 0 Å². The van der Waals surface area contributed by atoms with E-state index in [9.17, 15) is 18.4 Å². The van der Waals surface area contributed by atoms with Gasteiger partial charge in [-0.05, 0) is 41.5 Å². The van der Waals surface area contributed by atoms with Crippen LogP contribution in [0.1, 0.15) is 33.2 Å². The second kappa shape index (κ2) is 7.96. The molecule has 2 N–H and O–H groups in total. The smallest absolute Gasteiger partial charge is 0.267 e.